The number of carbonyl (C=O) groups is 3. The summed E-state index contributed by atoms with van der Waals surface area (Å²) in [7, 11) is 0. The number of carboxylic acid groups (broad SMARTS) is 2. The standard InChI is InChI=1S/C38H58O6/c1-21(2)22-12-17-38(32(42)43)19-18-36(8)23(29(22)38)10-11-27-35(7)15-14-28(34(5,6)26(35)13-16-37(27,36)9)44-31(41)25-20-24(30(39)40)33(25,3)4/h22-29H,1,10-20H2,2-9H3,(H,39,40)(H,42,43)/t22-,23?,24?,25?,26?,27?,28-,29?,35-,36+,37+,38-/m0/s1. The van der Waals surface area contributed by atoms with E-state index in [-0.39, 0.29) is 45.6 Å². The maximum Gasteiger partial charge on any atom is 0.309 e. The van der Waals surface area contributed by atoms with E-state index < -0.39 is 28.7 Å². The zero-order valence-electron chi connectivity index (χ0n) is 28.6. The maximum absolute atomic E-state index is 13.5. The van der Waals surface area contributed by atoms with Crippen molar-refractivity contribution in [3.63, 3.8) is 0 Å². The number of esters is 1. The molecule has 6 aliphatic carbocycles. The molecule has 0 aromatic rings. The Hall–Kier alpha value is -1.85. The van der Waals surface area contributed by atoms with Crippen LogP contribution in [0.15, 0.2) is 12.2 Å². The van der Waals surface area contributed by atoms with Crippen LogP contribution >= 0.6 is 0 Å². The first-order chi connectivity index (χ1) is 20.3. The quantitative estimate of drug-likeness (QED) is 0.240. The van der Waals surface area contributed by atoms with Crippen LogP contribution in [0, 0.1) is 73.9 Å². The van der Waals surface area contributed by atoms with Crippen LogP contribution in [0.1, 0.15) is 126 Å². The molecule has 2 N–H and O–H groups in total. The van der Waals surface area contributed by atoms with E-state index in [1.54, 1.807) is 0 Å². The molecule has 0 aromatic heterocycles. The molecule has 6 rings (SSSR count). The first-order valence-corrected chi connectivity index (χ1v) is 17.6. The van der Waals surface area contributed by atoms with E-state index in [1.807, 2.05) is 13.8 Å². The zero-order chi connectivity index (χ0) is 32.4. The van der Waals surface area contributed by atoms with E-state index in [9.17, 15) is 24.6 Å². The number of ether oxygens (including phenoxy) is 1. The summed E-state index contributed by atoms with van der Waals surface area (Å²) in [5.41, 5.74) is 0.166. The number of carbonyl (C=O) groups excluding carboxylic acids is 1. The normalized spacial score (nSPS) is 50.1. The summed E-state index contributed by atoms with van der Waals surface area (Å²) in [6.45, 7) is 22.5. The highest BCUT2D eigenvalue weighted by Crippen LogP contribution is 2.77. The van der Waals surface area contributed by atoms with E-state index in [0.29, 0.717) is 30.1 Å². The van der Waals surface area contributed by atoms with Crippen molar-refractivity contribution in [3.05, 3.63) is 12.2 Å². The van der Waals surface area contributed by atoms with Crippen molar-refractivity contribution in [1.29, 1.82) is 0 Å². The van der Waals surface area contributed by atoms with Crippen molar-refractivity contribution in [2.75, 3.05) is 0 Å². The summed E-state index contributed by atoms with van der Waals surface area (Å²) in [6.07, 6.45) is 10.1. The minimum Gasteiger partial charge on any atom is -0.481 e. The van der Waals surface area contributed by atoms with Gasteiger partial charge in [-0.2, -0.15) is 0 Å². The summed E-state index contributed by atoms with van der Waals surface area (Å²) in [5.74, 6) is -0.593. The average Bonchev–Trinajstić information content (AvgIpc) is 3.31. The van der Waals surface area contributed by atoms with Crippen LogP contribution in [0.2, 0.25) is 0 Å². The molecular weight excluding hydrogens is 552 g/mol. The van der Waals surface area contributed by atoms with Crippen molar-refractivity contribution < 1.29 is 29.3 Å². The molecular formula is C38H58O6. The Morgan fingerprint density at radius 2 is 1.41 bits per heavy atom. The monoisotopic (exact) mass is 610 g/mol. The molecule has 6 unspecified atom stereocenters. The molecule has 0 radical (unpaired) electrons. The smallest absolute Gasteiger partial charge is 0.309 e. The summed E-state index contributed by atoms with van der Waals surface area (Å²) < 4.78 is 6.35. The fraction of sp³-hybridized carbons (Fsp3) is 0.868. The predicted octanol–water partition coefficient (Wildman–Crippen LogP) is 8.39. The van der Waals surface area contributed by atoms with Gasteiger partial charge in [0, 0.05) is 5.41 Å². The molecule has 44 heavy (non-hydrogen) atoms. The highest BCUT2D eigenvalue weighted by Gasteiger charge is 2.72. The van der Waals surface area contributed by atoms with Gasteiger partial charge in [0.1, 0.15) is 6.10 Å². The molecule has 0 amide bonds. The van der Waals surface area contributed by atoms with Gasteiger partial charge < -0.3 is 14.9 Å². The zero-order valence-corrected chi connectivity index (χ0v) is 28.6. The third-order valence-corrected chi connectivity index (χ3v) is 16.5. The number of allylic oxidation sites excluding steroid dienone is 1. The van der Waals surface area contributed by atoms with Crippen molar-refractivity contribution in [2.24, 2.45) is 73.9 Å². The van der Waals surface area contributed by atoms with E-state index in [4.69, 9.17) is 4.74 Å². The molecule has 6 heteroatoms. The van der Waals surface area contributed by atoms with Gasteiger partial charge in [0.05, 0.1) is 17.3 Å². The minimum absolute atomic E-state index is 0.0928. The molecule has 6 fully saturated rings. The van der Waals surface area contributed by atoms with Crippen LogP contribution in [0.3, 0.4) is 0 Å². The molecule has 6 saturated carbocycles. The summed E-state index contributed by atoms with van der Waals surface area (Å²) in [6, 6.07) is 0. The van der Waals surface area contributed by atoms with Gasteiger partial charge in [-0.05, 0) is 129 Å². The van der Waals surface area contributed by atoms with Crippen molar-refractivity contribution in [3.8, 4) is 0 Å². The van der Waals surface area contributed by atoms with Gasteiger partial charge in [-0.15, -0.1) is 0 Å². The lowest BCUT2D eigenvalue weighted by molar-refractivity contribution is -0.252. The molecule has 0 aliphatic heterocycles. The minimum atomic E-state index is -0.823. The summed E-state index contributed by atoms with van der Waals surface area (Å²) >= 11 is 0. The third-order valence-electron chi connectivity index (χ3n) is 16.5. The van der Waals surface area contributed by atoms with Crippen LogP contribution in [0.25, 0.3) is 0 Å². The Balaban J connectivity index is 1.25. The van der Waals surface area contributed by atoms with Gasteiger partial charge in [0.15, 0.2) is 0 Å². The van der Waals surface area contributed by atoms with E-state index in [2.05, 4.69) is 48.1 Å². The Labute approximate surface area is 265 Å². The van der Waals surface area contributed by atoms with Gasteiger partial charge in [-0.1, -0.05) is 60.6 Å². The molecule has 12 atom stereocenters. The number of aliphatic carboxylic acids is 2. The van der Waals surface area contributed by atoms with Crippen molar-refractivity contribution in [1.82, 2.24) is 0 Å². The van der Waals surface area contributed by atoms with Crippen LogP contribution in [-0.4, -0.2) is 34.2 Å². The second-order valence-corrected chi connectivity index (χ2v) is 18.4. The largest absolute Gasteiger partial charge is 0.481 e. The molecule has 0 aromatic carbocycles. The molecule has 6 aliphatic rings. The Morgan fingerprint density at radius 1 is 0.727 bits per heavy atom. The molecule has 0 heterocycles. The first kappa shape index (κ1) is 32.1. The van der Waals surface area contributed by atoms with Crippen LogP contribution in [0.5, 0.6) is 0 Å². The number of hydrogen-bond acceptors (Lipinski definition) is 4. The van der Waals surface area contributed by atoms with Crippen LogP contribution in [0.4, 0.5) is 0 Å². The van der Waals surface area contributed by atoms with Gasteiger partial charge in [-0.3, -0.25) is 14.4 Å². The van der Waals surface area contributed by atoms with Crippen LogP contribution in [-0.2, 0) is 19.1 Å². The second kappa shape index (κ2) is 9.83. The Kier molecular flexibility index (Phi) is 7.17. The molecule has 0 saturated heterocycles. The molecule has 0 spiro atoms. The average molecular weight is 611 g/mol. The number of fused-ring (bicyclic) bond motifs is 7. The summed E-state index contributed by atoms with van der Waals surface area (Å²) in [4.78, 5) is 38.1. The topological polar surface area (TPSA) is 101 Å². The van der Waals surface area contributed by atoms with E-state index in [1.165, 1.54) is 5.57 Å². The lowest BCUT2D eigenvalue weighted by atomic mass is 9.32. The lowest BCUT2D eigenvalue weighted by Crippen LogP contribution is -2.67. The van der Waals surface area contributed by atoms with Gasteiger partial charge in [0.2, 0.25) is 0 Å². The number of carboxylic acids is 2. The van der Waals surface area contributed by atoms with Crippen LogP contribution < -0.4 is 0 Å². The molecule has 246 valence electrons. The number of rotatable bonds is 5. The SMILES string of the molecule is C=C(C)[C@@H]1CC[C@]2(C(=O)O)CC[C@]3(C)C(CCC4[C@@]5(C)CC[C@H](OC(=O)C6CC(C(=O)O)C6(C)C)C(C)(C)C5CC[C@]43C)C12. The van der Waals surface area contributed by atoms with Gasteiger partial charge in [-0.25, -0.2) is 0 Å². The Bertz CT molecular complexity index is 1270. The number of hydrogen-bond donors (Lipinski definition) is 2. The highest BCUT2D eigenvalue weighted by atomic mass is 16.5. The molecule has 6 nitrogen and oxygen atoms in total. The summed E-state index contributed by atoms with van der Waals surface area (Å²) in [5, 5.41) is 20.2. The van der Waals surface area contributed by atoms with Crippen molar-refractivity contribution >= 4 is 17.9 Å². The lowest BCUT2D eigenvalue weighted by Gasteiger charge is -2.72. The predicted molar refractivity (Wildman–Crippen MR) is 169 cm³/mol. The maximum atomic E-state index is 13.5. The fourth-order valence-electron chi connectivity index (χ4n) is 13.7. The first-order valence-electron chi connectivity index (χ1n) is 17.6. The van der Waals surface area contributed by atoms with E-state index >= 15 is 0 Å². The highest BCUT2D eigenvalue weighted by molar-refractivity contribution is 5.81. The van der Waals surface area contributed by atoms with Gasteiger partial charge >= 0.3 is 17.9 Å². The molecule has 0 bridgehead atoms. The Morgan fingerprint density at radius 3 is 2.00 bits per heavy atom. The third kappa shape index (κ3) is 3.93. The van der Waals surface area contributed by atoms with Crippen molar-refractivity contribution in [2.45, 2.75) is 132 Å². The van der Waals surface area contributed by atoms with E-state index in [0.717, 1.165) is 64.2 Å². The van der Waals surface area contributed by atoms with Gasteiger partial charge in [0.25, 0.3) is 0 Å². The fourth-order valence-corrected chi connectivity index (χ4v) is 13.7. The second-order valence-electron chi connectivity index (χ2n) is 18.4.